The number of hydrogen-bond acceptors (Lipinski definition) is 7. The quantitative estimate of drug-likeness (QED) is 0.718. The third kappa shape index (κ3) is 3.15. The van der Waals surface area contributed by atoms with Crippen LogP contribution in [0, 0.1) is 12.8 Å². The molecule has 1 fully saturated rings. The highest BCUT2D eigenvalue weighted by Crippen LogP contribution is 2.23. The van der Waals surface area contributed by atoms with Crippen LogP contribution in [0.2, 0.25) is 0 Å². The summed E-state index contributed by atoms with van der Waals surface area (Å²) in [7, 11) is 0. The molecule has 1 saturated heterocycles. The molecule has 8 nitrogen and oxygen atoms in total. The maximum absolute atomic E-state index is 12.5. The molecule has 0 spiro atoms. The fourth-order valence-electron chi connectivity index (χ4n) is 3.04. The summed E-state index contributed by atoms with van der Waals surface area (Å²) in [5.74, 6) is 1.65. The zero-order chi connectivity index (χ0) is 17.2. The molecule has 0 saturated carbocycles. The topological polar surface area (TPSA) is 98.2 Å². The molecule has 0 aromatic carbocycles. The molecule has 0 bridgehead atoms. The van der Waals surface area contributed by atoms with Gasteiger partial charge in [-0.2, -0.15) is 4.98 Å². The van der Waals surface area contributed by atoms with Crippen LogP contribution < -0.4 is 0 Å². The van der Waals surface area contributed by atoms with Gasteiger partial charge < -0.3 is 13.8 Å². The number of amides is 1. The molecule has 1 aliphatic rings. The molecule has 25 heavy (non-hydrogen) atoms. The van der Waals surface area contributed by atoms with E-state index >= 15 is 0 Å². The Balaban J connectivity index is 1.39. The number of carbonyl (C=O) groups excluding carboxylic acids is 1. The van der Waals surface area contributed by atoms with E-state index in [2.05, 4.69) is 20.1 Å². The van der Waals surface area contributed by atoms with E-state index in [4.69, 9.17) is 8.94 Å². The molecule has 3 aromatic rings. The van der Waals surface area contributed by atoms with E-state index in [-0.39, 0.29) is 5.91 Å². The molecule has 1 amide bonds. The Bertz CT molecular complexity index is 873. The number of hydrogen-bond donors (Lipinski definition) is 0. The fraction of sp³-hybridized carbons (Fsp3) is 0.353. The number of nitrogens with zero attached hydrogens (tertiary/aromatic N) is 5. The second-order valence-electron chi connectivity index (χ2n) is 6.13. The van der Waals surface area contributed by atoms with Gasteiger partial charge in [0, 0.05) is 37.5 Å². The van der Waals surface area contributed by atoms with Gasteiger partial charge in [0.1, 0.15) is 0 Å². The van der Waals surface area contributed by atoms with Crippen LogP contribution in [0.3, 0.4) is 0 Å². The van der Waals surface area contributed by atoms with Crippen molar-refractivity contribution in [1.29, 1.82) is 0 Å². The lowest BCUT2D eigenvalue weighted by atomic mass is 10.1. The van der Waals surface area contributed by atoms with Crippen molar-refractivity contribution in [2.75, 3.05) is 13.1 Å². The van der Waals surface area contributed by atoms with Gasteiger partial charge in [-0.15, -0.1) is 0 Å². The van der Waals surface area contributed by atoms with Gasteiger partial charge in [-0.25, -0.2) is 4.98 Å². The van der Waals surface area contributed by atoms with Crippen molar-refractivity contribution >= 4 is 5.91 Å². The number of aryl methyl sites for hydroxylation is 1. The molecule has 8 heteroatoms. The summed E-state index contributed by atoms with van der Waals surface area (Å²) in [5, 5.41) is 4.05. The second-order valence-corrected chi connectivity index (χ2v) is 6.13. The minimum absolute atomic E-state index is 0.108. The molecule has 4 rings (SSSR count). The van der Waals surface area contributed by atoms with Gasteiger partial charge in [0.2, 0.25) is 5.76 Å². The molecular formula is C17H17N5O3. The van der Waals surface area contributed by atoms with Gasteiger partial charge in [-0.1, -0.05) is 5.16 Å². The van der Waals surface area contributed by atoms with Gasteiger partial charge in [0.15, 0.2) is 12.2 Å². The molecule has 1 aliphatic heterocycles. The molecular weight excluding hydrogens is 322 g/mol. The average Bonchev–Trinajstić information content (AvgIpc) is 3.37. The van der Waals surface area contributed by atoms with Crippen LogP contribution in [0.15, 0.2) is 39.9 Å². The maximum Gasteiger partial charge on any atom is 0.291 e. The van der Waals surface area contributed by atoms with Crippen LogP contribution in [0.4, 0.5) is 0 Å². The summed E-state index contributed by atoms with van der Waals surface area (Å²) in [5.41, 5.74) is 1.46. The minimum Gasteiger partial charge on any atom is -0.438 e. The Kier molecular flexibility index (Phi) is 4.01. The predicted molar refractivity (Wildman–Crippen MR) is 86.5 cm³/mol. The lowest BCUT2D eigenvalue weighted by molar-refractivity contribution is 0.0754. The lowest BCUT2D eigenvalue weighted by Crippen LogP contribution is -2.29. The fourth-order valence-corrected chi connectivity index (χ4v) is 3.04. The van der Waals surface area contributed by atoms with Gasteiger partial charge in [0.05, 0.1) is 5.69 Å². The van der Waals surface area contributed by atoms with E-state index in [1.54, 1.807) is 24.2 Å². The third-order valence-corrected chi connectivity index (χ3v) is 4.38. The first-order valence-electron chi connectivity index (χ1n) is 8.13. The van der Waals surface area contributed by atoms with Gasteiger partial charge in [0.25, 0.3) is 11.8 Å². The first-order chi connectivity index (χ1) is 12.2. The summed E-state index contributed by atoms with van der Waals surface area (Å²) in [6.07, 6.45) is 6.25. The standard InChI is InChI=1S/C17H17N5O3/c1-11-15(24-10-19-11)17(23)22-7-4-12(9-22)8-14-20-16(25-21-14)13-2-5-18-6-3-13/h2-3,5-6,10,12H,4,7-9H2,1H3. The van der Waals surface area contributed by atoms with Crippen LogP contribution in [-0.2, 0) is 6.42 Å². The first-order valence-corrected chi connectivity index (χ1v) is 8.13. The van der Waals surface area contributed by atoms with Crippen LogP contribution in [-0.4, -0.2) is 44.0 Å². The number of pyridine rings is 1. The Morgan fingerprint density at radius 2 is 2.20 bits per heavy atom. The molecule has 3 aromatic heterocycles. The summed E-state index contributed by atoms with van der Waals surface area (Å²) < 4.78 is 10.5. The van der Waals surface area contributed by atoms with Gasteiger partial charge in [-0.3, -0.25) is 9.78 Å². The highest BCUT2D eigenvalue weighted by atomic mass is 16.5. The van der Waals surface area contributed by atoms with Crippen molar-refractivity contribution in [2.24, 2.45) is 5.92 Å². The molecule has 1 unspecified atom stereocenters. The highest BCUT2D eigenvalue weighted by Gasteiger charge is 2.30. The lowest BCUT2D eigenvalue weighted by Gasteiger charge is -2.14. The predicted octanol–water partition coefficient (Wildman–Crippen LogP) is 2.13. The van der Waals surface area contributed by atoms with Crippen molar-refractivity contribution < 1.29 is 13.7 Å². The number of aromatic nitrogens is 4. The van der Waals surface area contributed by atoms with E-state index in [0.717, 1.165) is 12.0 Å². The Morgan fingerprint density at radius 1 is 1.36 bits per heavy atom. The maximum atomic E-state index is 12.5. The van der Waals surface area contributed by atoms with Crippen molar-refractivity contribution in [2.45, 2.75) is 19.8 Å². The zero-order valence-corrected chi connectivity index (χ0v) is 13.8. The van der Waals surface area contributed by atoms with Crippen molar-refractivity contribution in [3.8, 4) is 11.5 Å². The molecule has 0 radical (unpaired) electrons. The Labute approximate surface area is 143 Å². The summed E-state index contributed by atoms with van der Waals surface area (Å²) in [6, 6.07) is 3.65. The Morgan fingerprint density at radius 3 is 2.96 bits per heavy atom. The van der Waals surface area contributed by atoms with Crippen molar-refractivity contribution in [3.05, 3.63) is 48.2 Å². The van der Waals surface area contributed by atoms with E-state index in [0.29, 0.717) is 48.6 Å². The van der Waals surface area contributed by atoms with E-state index in [1.165, 1.54) is 6.39 Å². The van der Waals surface area contributed by atoms with Crippen LogP contribution >= 0.6 is 0 Å². The largest absolute Gasteiger partial charge is 0.438 e. The first kappa shape index (κ1) is 15.5. The second kappa shape index (κ2) is 6.46. The summed E-state index contributed by atoms with van der Waals surface area (Å²) >= 11 is 0. The van der Waals surface area contributed by atoms with E-state index in [1.807, 2.05) is 12.1 Å². The average molecular weight is 339 g/mol. The third-order valence-electron chi connectivity index (χ3n) is 4.38. The summed E-state index contributed by atoms with van der Waals surface area (Å²) in [4.78, 5) is 26.6. The van der Waals surface area contributed by atoms with E-state index in [9.17, 15) is 4.79 Å². The van der Waals surface area contributed by atoms with Gasteiger partial charge >= 0.3 is 0 Å². The monoisotopic (exact) mass is 339 g/mol. The smallest absolute Gasteiger partial charge is 0.291 e. The SMILES string of the molecule is Cc1ncoc1C(=O)N1CCC(Cc2noc(-c3ccncc3)n2)C1. The van der Waals surface area contributed by atoms with Crippen LogP contribution in [0.25, 0.3) is 11.5 Å². The van der Waals surface area contributed by atoms with Gasteiger partial charge in [-0.05, 0) is 31.4 Å². The number of oxazole rings is 1. The highest BCUT2D eigenvalue weighted by molar-refractivity contribution is 5.92. The number of carbonyl (C=O) groups is 1. The molecule has 0 N–H and O–H groups in total. The zero-order valence-electron chi connectivity index (χ0n) is 13.8. The number of rotatable bonds is 4. The van der Waals surface area contributed by atoms with E-state index < -0.39 is 0 Å². The van der Waals surface area contributed by atoms with Crippen molar-refractivity contribution in [1.82, 2.24) is 25.0 Å². The van der Waals surface area contributed by atoms with Crippen LogP contribution in [0.5, 0.6) is 0 Å². The summed E-state index contributed by atoms with van der Waals surface area (Å²) in [6.45, 7) is 3.11. The normalized spacial score (nSPS) is 17.2. The molecule has 128 valence electrons. The minimum atomic E-state index is -0.108. The molecule has 4 heterocycles. The van der Waals surface area contributed by atoms with Crippen molar-refractivity contribution in [3.63, 3.8) is 0 Å². The number of likely N-dealkylation sites (tertiary alicyclic amines) is 1. The molecule has 1 atom stereocenters. The Hall–Kier alpha value is -3.03. The van der Waals surface area contributed by atoms with Crippen LogP contribution in [0.1, 0.15) is 28.5 Å². The molecule has 0 aliphatic carbocycles.